The lowest BCUT2D eigenvalue weighted by Gasteiger charge is -2.49. The number of aromatic nitrogens is 1. The molecule has 6 nitrogen and oxygen atoms in total. The molecule has 2 fully saturated rings. The molecule has 1 aromatic rings. The van der Waals surface area contributed by atoms with E-state index in [9.17, 15) is 4.79 Å². The minimum atomic E-state index is -0.416. The minimum absolute atomic E-state index is 0.0906. The van der Waals surface area contributed by atoms with Crippen LogP contribution in [0.1, 0.15) is 49.5 Å². The van der Waals surface area contributed by atoms with Crippen molar-refractivity contribution in [1.82, 2.24) is 10.3 Å². The molecule has 0 bridgehead atoms. The molecule has 3 rings (SSSR count). The van der Waals surface area contributed by atoms with Crippen LogP contribution in [0.2, 0.25) is 0 Å². The van der Waals surface area contributed by atoms with Crippen molar-refractivity contribution in [3.63, 3.8) is 0 Å². The van der Waals surface area contributed by atoms with Crippen LogP contribution in [0, 0.1) is 0 Å². The van der Waals surface area contributed by atoms with Crippen molar-refractivity contribution >= 4 is 12.0 Å². The summed E-state index contributed by atoms with van der Waals surface area (Å²) in [6.45, 7) is 4.87. The Balaban J connectivity index is 1.82. The Bertz CT molecular complexity index is 486. The van der Waals surface area contributed by atoms with E-state index in [1.54, 1.807) is 6.92 Å². The summed E-state index contributed by atoms with van der Waals surface area (Å²) in [5, 5.41) is 3.49. The van der Waals surface area contributed by atoms with Gasteiger partial charge in [0.1, 0.15) is 6.26 Å². The fourth-order valence-corrected chi connectivity index (χ4v) is 3.49. The Kier molecular flexibility index (Phi) is 4.14. The van der Waals surface area contributed by atoms with Crippen molar-refractivity contribution in [2.75, 3.05) is 31.1 Å². The molecule has 0 unspecified atom stereocenters. The SMILES string of the molecule is CCOC(=O)c1coc(N2CCNCC23CCCCC3)n1. The number of hydrogen-bond donors (Lipinski definition) is 1. The monoisotopic (exact) mass is 293 g/mol. The molecule has 0 amide bonds. The average Bonchev–Trinajstić information content (AvgIpc) is 2.98. The molecule has 1 aliphatic carbocycles. The molecule has 21 heavy (non-hydrogen) atoms. The van der Waals surface area contributed by atoms with Gasteiger partial charge < -0.3 is 19.4 Å². The van der Waals surface area contributed by atoms with Gasteiger partial charge in [-0.25, -0.2) is 4.79 Å². The number of ether oxygens (including phenoxy) is 1. The summed E-state index contributed by atoms with van der Waals surface area (Å²) in [5.41, 5.74) is 0.351. The highest BCUT2D eigenvalue weighted by molar-refractivity contribution is 5.87. The van der Waals surface area contributed by atoms with E-state index in [4.69, 9.17) is 9.15 Å². The van der Waals surface area contributed by atoms with Gasteiger partial charge >= 0.3 is 5.97 Å². The lowest BCUT2D eigenvalue weighted by molar-refractivity contribution is 0.0519. The summed E-state index contributed by atoms with van der Waals surface area (Å²) in [6.07, 6.45) is 7.49. The van der Waals surface area contributed by atoms with Gasteiger partial charge in [0.25, 0.3) is 6.01 Å². The quantitative estimate of drug-likeness (QED) is 0.859. The number of piperazine rings is 1. The second-order valence-corrected chi connectivity index (χ2v) is 5.85. The van der Waals surface area contributed by atoms with E-state index in [1.807, 2.05) is 0 Å². The first-order valence-corrected chi connectivity index (χ1v) is 7.86. The summed E-state index contributed by atoms with van der Waals surface area (Å²) in [7, 11) is 0. The maximum absolute atomic E-state index is 11.7. The van der Waals surface area contributed by atoms with E-state index in [-0.39, 0.29) is 11.2 Å². The van der Waals surface area contributed by atoms with Crippen molar-refractivity contribution in [3.8, 4) is 0 Å². The van der Waals surface area contributed by atoms with Crippen LogP contribution in [0.5, 0.6) is 0 Å². The van der Waals surface area contributed by atoms with Crippen LogP contribution < -0.4 is 10.2 Å². The Morgan fingerprint density at radius 3 is 3.05 bits per heavy atom. The Morgan fingerprint density at radius 2 is 2.29 bits per heavy atom. The van der Waals surface area contributed by atoms with Gasteiger partial charge in [-0.1, -0.05) is 19.3 Å². The molecule has 1 saturated heterocycles. The zero-order chi connectivity index (χ0) is 14.7. The maximum Gasteiger partial charge on any atom is 0.360 e. The van der Waals surface area contributed by atoms with E-state index in [0.717, 1.165) is 32.5 Å². The van der Waals surface area contributed by atoms with Gasteiger partial charge in [-0.05, 0) is 19.8 Å². The predicted octanol–water partition coefficient (Wildman–Crippen LogP) is 1.96. The minimum Gasteiger partial charge on any atom is -0.461 e. The highest BCUT2D eigenvalue weighted by Gasteiger charge is 2.42. The van der Waals surface area contributed by atoms with Crippen LogP contribution in [-0.4, -0.2) is 42.7 Å². The number of rotatable bonds is 3. The van der Waals surface area contributed by atoms with Crippen molar-refractivity contribution < 1.29 is 13.9 Å². The number of nitrogens with one attached hydrogen (secondary N) is 1. The molecule has 0 aromatic carbocycles. The molecular formula is C15H23N3O3. The smallest absolute Gasteiger partial charge is 0.360 e. The van der Waals surface area contributed by atoms with E-state index in [0.29, 0.717) is 12.6 Å². The number of anilines is 1. The number of nitrogens with zero attached hydrogens (tertiary/aromatic N) is 2. The molecule has 1 aromatic heterocycles. The van der Waals surface area contributed by atoms with Crippen molar-refractivity contribution in [3.05, 3.63) is 12.0 Å². The first kappa shape index (κ1) is 14.4. The molecule has 116 valence electrons. The lowest BCUT2D eigenvalue weighted by Crippen LogP contribution is -2.62. The van der Waals surface area contributed by atoms with Gasteiger partial charge in [0.2, 0.25) is 0 Å². The Labute approximate surface area is 124 Å². The number of hydrogen-bond acceptors (Lipinski definition) is 6. The topological polar surface area (TPSA) is 67.6 Å². The summed E-state index contributed by atoms with van der Waals surface area (Å²) >= 11 is 0. The Hall–Kier alpha value is -1.56. The molecule has 2 heterocycles. The van der Waals surface area contributed by atoms with Gasteiger partial charge in [-0.3, -0.25) is 0 Å². The molecule has 0 atom stereocenters. The first-order valence-electron chi connectivity index (χ1n) is 7.86. The molecule has 1 spiro atoms. The summed E-state index contributed by atoms with van der Waals surface area (Å²) in [5.74, 6) is -0.416. The molecular weight excluding hydrogens is 270 g/mol. The van der Waals surface area contributed by atoms with E-state index in [1.165, 1.54) is 25.5 Å². The van der Waals surface area contributed by atoms with Crippen molar-refractivity contribution in [1.29, 1.82) is 0 Å². The summed E-state index contributed by atoms with van der Waals surface area (Å²) in [6, 6.07) is 0.557. The van der Waals surface area contributed by atoms with Crippen LogP contribution in [0.4, 0.5) is 6.01 Å². The zero-order valence-corrected chi connectivity index (χ0v) is 12.6. The van der Waals surface area contributed by atoms with E-state index >= 15 is 0 Å². The number of carbonyl (C=O) groups is 1. The van der Waals surface area contributed by atoms with Gasteiger partial charge in [0, 0.05) is 19.6 Å². The third kappa shape index (κ3) is 2.77. The van der Waals surface area contributed by atoms with Crippen LogP contribution in [0.15, 0.2) is 10.7 Å². The molecule has 2 aliphatic rings. The third-order valence-electron chi connectivity index (χ3n) is 4.53. The van der Waals surface area contributed by atoms with Gasteiger partial charge in [-0.15, -0.1) is 0 Å². The molecule has 1 aliphatic heterocycles. The fourth-order valence-electron chi connectivity index (χ4n) is 3.49. The molecule has 1 saturated carbocycles. The molecule has 6 heteroatoms. The second kappa shape index (κ2) is 6.05. The highest BCUT2D eigenvalue weighted by atomic mass is 16.5. The van der Waals surface area contributed by atoms with Crippen LogP contribution >= 0.6 is 0 Å². The van der Waals surface area contributed by atoms with Gasteiger partial charge in [-0.2, -0.15) is 4.98 Å². The molecule has 0 radical (unpaired) electrons. The van der Waals surface area contributed by atoms with Crippen LogP contribution in [0.3, 0.4) is 0 Å². The van der Waals surface area contributed by atoms with Gasteiger partial charge in [0.15, 0.2) is 5.69 Å². The van der Waals surface area contributed by atoms with Crippen molar-refractivity contribution in [2.24, 2.45) is 0 Å². The number of carbonyl (C=O) groups excluding carboxylic acids is 1. The number of esters is 1. The second-order valence-electron chi connectivity index (χ2n) is 5.85. The van der Waals surface area contributed by atoms with Crippen LogP contribution in [-0.2, 0) is 4.74 Å². The number of oxazole rings is 1. The predicted molar refractivity (Wildman–Crippen MR) is 78.5 cm³/mol. The van der Waals surface area contributed by atoms with E-state index < -0.39 is 5.97 Å². The Morgan fingerprint density at radius 1 is 1.48 bits per heavy atom. The lowest BCUT2D eigenvalue weighted by atomic mass is 9.79. The fraction of sp³-hybridized carbons (Fsp3) is 0.733. The van der Waals surface area contributed by atoms with Crippen molar-refractivity contribution in [2.45, 2.75) is 44.6 Å². The van der Waals surface area contributed by atoms with Gasteiger partial charge in [0.05, 0.1) is 12.1 Å². The summed E-state index contributed by atoms with van der Waals surface area (Å²) < 4.78 is 10.6. The highest BCUT2D eigenvalue weighted by Crippen LogP contribution is 2.37. The largest absolute Gasteiger partial charge is 0.461 e. The first-order chi connectivity index (χ1) is 10.2. The average molecular weight is 293 g/mol. The van der Waals surface area contributed by atoms with Crippen LogP contribution in [0.25, 0.3) is 0 Å². The zero-order valence-electron chi connectivity index (χ0n) is 12.6. The standard InChI is InChI=1S/C15H23N3O3/c1-2-20-13(19)12-10-21-14(17-12)18-9-8-16-11-15(18)6-4-3-5-7-15/h10,16H,2-9,11H2,1H3. The van der Waals surface area contributed by atoms with E-state index in [2.05, 4.69) is 15.2 Å². The summed E-state index contributed by atoms with van der Waals surface area (Å²) in [4.78, 5) is 18.3. The molecule has 1 N–H and O–H groups in total. The third-order valence-corrected chi connectivity index (χ3v) is 4.53. The maximum atomic E-state index is 11.7. The normalized spacial score (nSPS) is 21.5.